The number of ketones is 1. The van der Waals surface area contributed by atoms with E-state index in [0.717, 1.165) is 49.6 Å². The molecule has 1 aliphatic heterocycles. The van der Waals surface area contributed by atoms with E-state index in [1.165, 1.54) is 0 Å². The van der Waals surface area contributed by atoms with Gasteiger partial charge in [-0.15, -0.1) is 0 Å². The normalized spacial score (nSPS) is 15.7. The van der Waals surface area contributed by atoms with Crippen molar-refractivity contribution in [2.24, 2.45) is 5.92 Å². The third kappa shape index (κ3) is 3.69. The molecule has 0 radical (unpaired) electrons. The first kappa shape index (κ1) is 17.8. The van der Waals surface area contributed by atoms with Crippen molar-refractivity contribution in [2.75, 3.05) is 13.1 Å². The number of fused-ring (bicyclic) bond motifs is 1. The molecule has 146 valence electrons. The number of likely N-dealkylation sites (tertiary alicyclic amines) is 1. The fourth-order valence-corrected chi connectivity index (χ4v) is 3.95. The van der Waals surface area contributed by atoms with Crippen LogP contribution < -0.4 is 0 Å². The summed E-state index contributed by atoms with van der Waals surface area (Å²) in [5.41, 5.74) is 4.17. The number of Topliss-reactive ketones (excluding diaryl/α,β-unsaturated/α-hetero) is 1. The number of aromatic amines is 1. The van der Waals surface area contributed by atoms with Gasteiger partial charge >= 0.3 is 0 Å². The summed E-state index contributed by atoms with van der Waals surface area (Å²) in [4.78, 5) is 23.2. The SMILES string of the molecule is O=C(c1ccc2nonc2c1)C1CCN(Cc2cnc(-c3ccccc3)[nH]2)CC1. The number of rotatable bonds is 5. The van der Waals surface area contributed by atoms with Crippen LogP contribution in [-0.2, 0) is 6.54 Å². The number of nitrogens with zero attached hydrogens (tertiary/aromatic N) is 4. The second-order valence-corrected chi connectivity index (χ2v) is 7.51. The Bertz CT molecular complexity index is 1130. The minimum Gasteiger partial charge on any atom is -0.341 e. The Kier molecular flexibility index (Phi) is 4.65. The van der Waals surface area contributed by atoms with Gasteiger partial charge in [0.25, 0.3) is 0 Å². The van der Waals surface area contributed by atoms with Crippen LogP contribution in [0.1, 0.15) is 28.9 Å². The fourth-order valence-electron chi connectivity index (χ4n) is 3.95. The maximum absolute atomic E-state index is 12.9. The van der Waals surface area contributed by atoms with Crippen LogP contribution in [0.25, 0.3) is 22.4 Å². The van der Waals surface area contributed by atoms with Crippen LogP contribution in [0, 0.1) is 5.92 Å². The van der Waals surface area contributed by atoms with Crippen LogP contribution in [0.2, 0.25) is 0 Å². The predicted molar refractivity (Wildman–Crippen MR) is 108 cm³/mol. The molecule has 0 bridgehead atoms. The molecule has 0 saturated carbocycles. The van der Waals surface area contributed by atoms with E-state index in [1.807, 2.05) is 42.6 Å². The van der Waals surface area contributed by atoms with E-state index in [9.17, 15) is 4.79 Å². The second kappa shape index (κ2) is 7.60. The Morgan fingerprint density at radius 3 is 2.69 bits per heavy atom. The Morgan fingerprint density at radius 2 is 1.86 bits per heavy atom. The van der Waals surface area contributed by atoms with Crippen molar-refractivity contribution in [2.45, 2.75) is 19.4 Å². The molecule has 0 aliphatic carbocycles. The standard InChI is InChI=1S/C22H21N5O2/c28-21(17-6-7-19-20(12-17)26-29-25-19)15-8-10-27(11-9-15)14-18-13-23-22(24-18)16-4-2-1-3-5-16/h1-7,12-13,15H,8-11,14H2,(H,23,24). The lowest BCUT2D eigenvalue weighted by molar-refractivity contribution is 0.0834. The number of H-pyrrole nitrogens is 1. The Hall–Kier alpha value is -3.32. The molecule has 0 unspecified atom stereocenters. The van der Waals surface area contributed by atoms with Gasteiger partial charge in [-0.1, -0.05) is 30.3 Å². The highest BCUT2D eigenvalue weighted by Crippen LogP contribution is 2.24. The molecule has 1 saturated heterocycles. The molecule has 5 rings (SSSR count). The van der Waals surface area contributed by atoms with Crippen molar-refractivity contribution < 1.29 is 9.42 Å². The van der Waals surface area contributed by atoms with Crippen LogP contribution >= 0.6 is 0 Å². The van der Waals surface area contributed by atoms with Crippen LogP contribution in [0.3, 0.4) is 0 Å². The largest absolute Gasteiger partial charge is 0.341 e. The van der Waals surface area contributed by atoms with Gasteiger partial charge in [0.05, 0.1) is 0 Å². The van der Waals surface area contributed by atoms with Crippen molar-refractivity contribution in [3.05, 3.63) is 66.0 Å². The summed E-state index contributed by atoms with van der Waals surface area (Å²) in [6.45, 7) is 2.60. The van der Waals surface area contributed by atoms with Gasteiger partial charge in [-0.2, -0.15) is 0 Å². The van der Waals surface area contributed by atoms with E-state index < -0.39 is 0 Å². The molecule has 0 spiro atoms. The first-order chi connectivity index (χ1) is 14.3. The number of carbonyl (C=O) groups excluding carboxylic acids is 1. The minimum absolute atomic E-state index is 0.0465. The third-order valence-corrected chi connectivity index (χ3v) is 5.57. The molecule has 4 aromatic rings. The monoisotopic (exact) mass is 387 g/mol. The Balaban J connectivity index is 1.19. The number of carbonyl (C=O) groups is 1. The van der Waals surface area contributed by atoms with Gasteiger partial charge in [-0.05, 0) is 54.4 Å². The third-order valence-electron chi connectivity index (χ3n) is 5.57. The van der Waals surface area contributed by atoms with Crippen LogP contribution in [0.5, 0.6) is 0 Å². The van der Waals surface area contributed by atoms with E-state index in [4.69, 9.17) is 4.63 Å². The van der Waals surface area contributed by atoms with E-state index in [2.05, 4.69) is 25.2 Å². The zero-order valence-corrected chi connectivity index (χ0v) is 15.9. The van der Waals surface area contributed by atoms with Crippen molar-refractivity contribution in [3.63, 3.8) is 0 Å². The zero-order valence-electron chi connectivity index (χ0n) is 15.9. The van der Waals surface area contributed by atoms with Gasteiger partial charge in [-0.25, -0.2) is 9.61 Å². The summed E-state index contributed by atoms with van der Waals surface area (Å²) in [7, 11) is 0. The van der Waals surface area contributed by atoms with Crippen LogP contribution in [0.15, 0.2) is 59.4 Å². The van der Waals surface area contributed by atoms with Crippen LogP contribution in [0.4, 0.5) is 0 Å². The van der Waals surface area contributed by atoms with Gasteiger partial charge in [0, 0.05) is 35.5 Å². The molecule has 1 aliphatic rings. The molecule has 7 nitrogen and oxygen atoms in total. The maximum Gasteiger partial charge on any atom is 0.166 e. The van der Waals surface area contributed by atoms with Crippen molar-refractivity contribution >= 4 is 16.8 Å². The van der Waals surface area contributed by atoms with Gasteiger partial charge in [-0.3, -0.25) is 9.69 Å². The van der Waals surface area contributed by atoms with Gasteiger partial charge in [0.2, 0.25) is 0 Å². The molecule has 2 aromatic heterocycles. The number of piperidine rings is 1. The highest BCUT2D eigenvalue weighted by atomic mass is 16.6. The Morgan fingerprint density at radius 1 is 1.07 bits per heavy atom. The minimum atomic E-state index is 0.0465. The molecular weight excluding hydrogens is 366 g/mol. The van der Waals surface area contributed by atoms with E-state index in [1.54, 1.807) is 12.1 Å². The Labute approximate surface area is 167 Å². The fraction of sp³-hybridized carbons (Fsp3) is 0.273. The van der Waals surface area contributed by atoms with Crippen molar-refractivity contribution in [1.82, 2.24) is 25.2 Å². The van der Waals surface area contributed by atoms with Gasteiger partial charge in [0.15, 0.2) is 5.78 Å². The van der Waals surface area contributed by atoms with E-state index >= 15 is 0 Å². The molecule has 29 heavy (non-hydrogen) atoms. The predicted octanol–water partition coefficient (Wildman–Crippen LogP) is 3.71. The number of benzene rings is 2. The highest BCUT2D eigenvalue weighted by Gasteiger charge is 2.26. The topological polar surface area (TPSA) is 87.9 Å². The molecule has 0 atom stereocenters. The number of imidazole rings is 1. The summed E-state index contributed by atoms with van der Waals surface area (Å²) < 4.78 is 4.72. The maximum atomic E-state index is 12.9. The average molecular weight is 387 g/mol. The molecule has 1 fully saturated rings. The first-order valence-electron chi connectivity index (χ1n) is 9.84. The highest BCUT2D eigenvalue weighted by molar-refractivity contribution is 6.00. The van der Waals surface area contributed by atoms with Crippen LogP contribution in [-0.4, -0.2) is 44.1 Å². The number of nitrogens with one attached hydrogen (secondary N) is 1. The van der Waals surface area contributed by atoms with Crippen molar-refractivity contribution in [3.8, 4) is 11.4 Å². The number of hydrogen-bond donors (Lipinski definition) is 1. The lowest BCUT2D eigenvalue weighted by Gasteiger charge is -2.30. The molecule has 0 amide bonds. The average Bonchev–Trinajstić information content (AvgIpc) is 3.43. The van der Waals surface area contributed by atoms with Crippen molar-refractivity contribution in [1.29, 1.82) is 0 Å². The smallest absolute Gasteiger partial charge is 0.166 e. The molecular formula is C22H21N5O2. The van der Waals surface area contributed by atoms with E-state index in [-0.39, 0.29) is 11.7 Å². The summed E-state index contributed by atoms with van der Waals surface area (Å²) in [6.07, 6.45) is 3.61. The summed E-state index contributed by atoms with van der Waals surface area (Å²) in [5.74, 6) is 1.12. The summed E-state index contributed by atoms with van der Waals surface area (Å²) in [6, 6.07) is 15.5. The molecule has 3 heterocycles. The van der Waals surface area contributed by atoms with Gasteiger partial charge < -0.3 is 4.98 Å². The lowest BCUT2D eigenvalue weighted by atomic mass is 9.88. The molecule has 7 heteroatoms. The quantitative estimate of drug-likeness (QED) is 0.525. The molecule has 1 N–H and O–H groups in total. The second-order valence-electron chi connectivity index (χ2n) is 7.51. The van der Waals surface area contributed by atoms with Gasteiger partial charge in [0.1, 0.15) is 16.9 Å². The summed E-state index contributed by atoms with van der Waals surface area (Å²) >= 11 is 0. The summed E-state index contributed by atoms with van der Waals surface area (Å²) in [5, 5.41) is 7.62. The lowest BCUT2D eigenvalue weighted by Crippen LogP contribution is -2.36. The zero-order chi connectivity index (χ0) is 19.6. The molecule has 2 aromatic carbocycles. The number of aromatic nitrogens is 4. The first-order valence-corrected chi connectivity index (χ1v) is 9.84. The van der Waals surface area contributed by atoms with E-state index in [0.29, 0.717) is 16.6 Å². The number of hydrogen-bond acceptors (Lipinski definition) is 6.